The zero-order valence-corrected chi connectivity index (χ0v) is 8.92. The Kier molecular flexibility index (Phi) is 1.93. The van der Waals surface area contributed by atoms with Crippen molar-refractivity contribution in [2.24, 2.45) is 5.92 Å². The predicted octanol–water partition coefficient (Wildman–Crippen LogP) is 1.88. The van der Waals surface area contributed by atoms with E-state index in [0.29, 0.717) is 11.7 Å². The Bertz CT molecular complexity index is 425. The van der Waals surface area contributed by atoms with E-state index >= 15 is 0 Å². The first-order chi connectivity index (χ1) is 7.27. The fourth-order valence-electron chi connectivity index (χ4n) is 2.91. The molecule has 0 saturated carbocycles. The molecule has 1 heterocycles. The second-order valence-electron chi connectivity index (χ2n) is 4.66. The second-order valence-corrected chi connectivity index (χ2v) is 4.66. The van der Waals surface area contributed by atoms with E-state index in [4.69, 9.17) is 0 Å². The topological polar surface area (TPSA) is 29.1 Å². The minimum Gasteiger partial charge on any atom is -0.316 e. The van der Waals surface area contributed by atoms with E-state index in [1.54, 1.807) is 0 Å². The number of fused-ring (bicyclic) bond motifs is 3. The van der Waals surface area contributed by atoms with Crippen molar-refractivity contribution >= 4 is 5.78 Å². The molecule has 1 aliphatic heterocycles. The van der Waals surface area contributed by atoms with E-state index in [9.17, 15) is 4.79 Å². The highest BCUT2D eigenvalue weighted by Gasteiger charge is 2.40. The van der Waals surface area contributed by atoms with Crippen LogP contribution in [0.4, 0.5) is 0 Å². The van der Waals surface area contributed by atoms with Gasteiger partial charge in [0.05, 0.1) is 0 Å². The largest absolute Gasteiger partial charge is 0.316 e. The van der Waals surface area contributed by atoms with Gasteiger partial charge < -0.3 is 5.32 Å². The van der Waals surface area contributed by atoms with Crippen LogP contribution in [0.1, 0.15) is 33.8 Å². The molecule has 1 aliphatic carbocycles. The van der Waals surface area contributed by atoms with Crippen molar-refractivity contribution < 1.29 is 4.79 Å². The molecule has 1 fully saturated rings. The summed E-state index contributed by atoms with van der Waals surface area (Å²) in [4.78, 5) is 12.2. The van der Waals surface area contributed by atoms with Gasteiger partial charge in [-0.15, -0.1) is 0 Å². The molecule has 0 bridgehead atoms. The molecule has 0 spiro atoms. The van der Waals surface area contributed by atoms with Crippen LogP contribution in [-0.2, 0) is 0 Å². The standard InChI is InChI=1S/C13H15NO/c1-8-2-3-9-11(6-8)13(15)10-4-5-14-7-12(9)10/h2-3,6,10,12,14H,4-5,7H2,1H3. The summed E-state index contributed by atoms with van der Waals surface area (Å²) in [6.07, 6.45) is 0.997. The number of ketones is 1. The van der Waals surface area contributed by atoms with Gasteiger partial charge in [0.25, 0.3) is 0 Å². The zero-order valence-electron chi connectivity index (χ0n) is 8.92. The Labute approximate surface area is 89.7 Å². The number of hydrogen-bond acceptors (Lipinski definition) is 2. The number of piperidine rings is 1. The van der Waals surface area contributed by atoms with Gasteiger partial charge in [-0.1, -0.05) is 17.7 Å². The number of nitrogens with one attached hydrogen (secondary N) is 1. The molecule has 15 heavy (non-hydrogen) atoms. The zero-order chi connectivity index (χ0) is 10.4. The minimum absolute atomic E-state index is 0.253. The number of aryl methyl sites for hydroxylation is 1. The van der Waals surface area contributed by atoms with E-state index < -0.39 is 0 Å². The monoisotopic (exact) mass is 201 g/mol. The SMILES string of the molecule is Cc1ccc2c(c1)C(=O)C1CCNCC21. The molecule has 0 aromatic heterocycles. The number of carbonyl (C=O) groups is 1. The van der Waals surface area contributed by atoms with Crippen LogP contribution in [0.25, 0.3) is 0 Å². The average Bonchev–Trinajstić information content (AvgIpc) is 2.54. The lowest BCUT2D eigenvalue weighted by atomic mass is 9.87. The van der Waals surface area contributed by atoms with Crippen LogP contribution in [-0.4, -0.2) is 18.9 Å². The highest BCUT2D eigenvalue weighted by molar-refractivity contribution is 6.03. The van der Waals surface area contributed by atoms with E-state index in [0.717, 1.165) is 25.1 Å². The van der Waals surface area contributed by atoms with Crippen LogP contribution >= 0.6 is 0 Å². The fraction of sp³-hybridized carbons (Fsp3) is 0.462. The summed E-state index contributed by atoms with van der Waals surface area (Å²) in [5, 5.41) is 3.38. The Morgan fingerprint density at radius 3 is 3.07 bits per heavy atom. The van der Waals surface area contributed by atoms with Crippen molar-refractivity contribution in [2.75, 3.05) is 13.1 Å². The van der Waals surface area contributed by atoms with Crippen LogP contribution in [0.2, 0.25) is 0 Å². The van der Waals surface area contributed by atoms with Gasteiger partial charge in [0.2, 0.25) is 0 Å². The molecule has 2 atom stereocenters. The van der Waals surface area contributed by atoms with Gasteiger partial charge in [-0.3, -0.25) is 4.79 Å². The molecular weight excluding hydrogens is 186 g/mol. The molecule has 1 aromatic carbocycles. The van der Waals surface area contributed by atoms with Gasteiger partial charge >= 0.3 is 0 Å². The van der Waals surface area contributed by atoms with Crippen LogP contribution in [0.3, 0.4) is 0 Å². The summed E-state index contributed by atoms with van der Waals surface area (Å²) in [6, 6.07) is 6.30. The molecule has 78 valence electrons. The highest BCUT2D eigenvalue weighted by atomic mass is 16.1. The average molecular weight is 201 g/mol. The van der Waals surface area contributed by atoms with E-state index in [2.05, 4.69) is 23.5 Å². The van der Waals surface area contributed by atoms with Crippen molar-refractivity contribution in [1.82, 2.24) is 5.32 Å². The van der Waals surface area contributed by atoms with Crippen molar-refractivity contribution in [2.45, 2.75) is 19.3 Å². The van der Waals surface area contributed by atoms with Gasteiger partial charge in [0, 0.05) is 23.9 Å². The third kappa shape index (κ3) is 1.25. The summed E-state index contributed by atoms with van der Waals surface area (Å²) in [5.74, 6) is 1.06. The van der Waals surface area contributed by atoms with E-state index in [1.165, 1.54) is 11.1 Å². The minimum atomic E-state index is 0.253. The molecule has 1 N–H and O–H groups in total. The summed E-state index contributed by atoms with van der Waals surface area (Å²) in [5.41, 5.74) is 3.44. The third-order valence-corrected chi connectivity index (χ3v) is 3.69. The lowest BCUT2D eigenvalue weighted by Crippen LogP contribution is -2.34. The second kappa shape index (κ2) is 3.17. The maximum atomic E-state index is 12.2. The maximum Gasteiger partial charge on any atom is 0.166 e. The van der Waals surface area contributed by atoms with Gasteiger partial charge in [-0.25, -0.2) is 0 Å². The number of benzene rings is 1. The Balaban J connectivity index is 2.11. The normalized spacial score (nSPS) is 28.7. The Hall–Kier alpha value is -1.15. The highest BCUT2D eigenvalue weighted by Crippen LogP contribution is 2.40. The summed E-state index contributed by atoms with van der Waals surface area (Å²) in [7, 11) is 0. The van der Waals surface area contributed by atoms with Crippen LogP contribution in [0, 0.1) is 12.8 Å². The summed E-state index contributed by atoms with van der Waals surface area (Å²) in [6.45, 7) is 4.00. The first-order valence-corrected chi connectivity index (χ1v) is 5.63. The van der Waals surface area contributed by atoms with Gasteiger partial charge in [0.15, 0.2) is 5.78 Å². The van der Waals surface area contributed by atoms with E-state index in [1.807, 2.05) is 6.92 Å². The van der Waals surface area contributed by atoms with Gasteiger partial charge in [-0.05, 0) is 31.5 Å². The molecule has 0 radical (unpaired) electrons. The molecule has 2 nitrogen and oxygen atoms in total. The molecule has 0 amide bonds. The number of Topliss-reactive ketones (excluding diaryl/α,β-unsaturated/α-hetero) is 1. The first-order valence-electron chi connectivity index (χ1n) is 5.63. The number of rotatable bonds is 0. The van der Waals surface area contributed by atoms with Crippen molar-refractivity contribution in [1.29, 1.82) is 0 Å². The molecule has 1 saturated heterocycles. The quantitative estimate of drug-likeness (QED) is 0.694. The molecule has 1 aromatic rings. The Morgan fingerprint density at radius 2 is 2.20 bits per heavy atom. The third-order valence-electron chi connectivity index (χ3n) is 3.69. The van der Waals surface area contributed by atoms with Crippen molar-refractivity contribution in [3.05, 3.63) is 34.9 Å². The lowest BCUT2D eigenvalue weighted by molar-refractivity contribution is 0.0904. The lowest BCUT2D eigenvalue weighted by Gasteiger charge is -2.25. The molecule has 3 rings (SSSR count). The predicted molar refractivity (Wildman–Crippen MR) is 59.2 cm³/mol. The molecule has 2 aliphatic rings. The van der Waals surface area contributed by atoms with Gasteiger partial charge in [0.1, 0.15) is 0 Å². The van der Waals surface area contributed by atoms with Crippen molar-refractivity contribution in [3.63, 3.8) is 0 Å². The van der Waals surface area contributed by atoms with Crippen LogP contribution in [0.15, 0.2) is 18.2 Å². The van der Waals surface area contributed by atoms with Gasteiger partial charge in [-0.2, -0.15) is 0 Å². The molecule has 2 heteroatoms. The van der Waals surface area contributed by atoms with Crippen molar-refractivity contribution in [3.8, 4) is 0 Å². The molecule has 2 unspecified atom stereocenters. The Morgan fingerprint density at radius 1 is 1.33 bits per heavy atom. The maximum absolute atomic E-state index is 12.2. The number of carbonyl (C=O) groups excluding carboxylic acids is 1. The fourth-order valence-corrected chi connectivity index (χ4v) is 2.91. The van der Waals surface area contributed by atoms with E-state index in [-0.39, 0.29) is 5.92 Å². The molecular formula is C13H15NO. The van der Waals surface area contributed by atoms with Crippen LogP contribution in [0.5, 0.6) is 0 Å². The van der Waals surface area contributed by atoms with Crippen LogP contribution < -0.4 is 5.32 Å². The smallest absolute Gasteiger partial charge is 0.166 e. The first kappa shape index (κ1) is 9.10. The summed E-state index contributed by atoms with van der Waals surface area (Å²) < 4.78 is 0. The summed E-state index contributed by atoms with van der Waals surface area (Å²) >= 11 is 0. The number of hydrogen-bond donors (Lipinski definition) is 1.